The predicted octanol–water partition coefficient (Wildman–Crippen LogP) is 4.97. The van der Waals surface area contributed by atoms with Crippen LogP contribution >= 0.6 is 11.8 Å². The summed E-state index contributed by atoms with van der Waals surface area (Å²) < 4.78 is 13.6. The molecular formula is C19H16FNS. The van der Waals surface area contributed by atoms with Gasteiger partial charge in [0.2, 0.25) is 0 Å². The fourth-order valence-electron chi connectivity index (χ4n) is 3.12. The van der Waals surface area contributed by atoms with E-state index in [9.17, 15) is 4.39 Å². The van der Waals surface area contributed by atoms with E-state index in [1.807, 2.05) is 6.07 Å². The summed E-state index contributed by atoms with van der Waals surface area (Å²) in [6.07, 6.45) is 4.72. The SMILES string of the molecule is C=C1CCc2c(Cc3cc(F)cc(C#N)c3)ccc(SC)c21. The fourth-order valence-corrected chi connectivity index (χ4v) is 3.79. The molecule has 22 heavy (non-hydrogen) atoms. The molecule has 0 saturated heterocycles. The van der Waals surface area contributed by atoms with Crippen LogP contribution in [0.5, 0.6) is 0 Å². The molecule has 0 aliphatic heterocycles. The number of hydrogen-bond acceptors (Lipinski definition) is 2. The van der Waals surface area contributed by atoms with Gasteiger partial charge in [0.15, 0.2) is 0 Å². The lowest BCUT2D eigenvalue weighted by Gasteiger charge is -2.13. The molecule has 1 nitrogen and oxygen atoms in total. The first-order chi connectivity index (χ1) is 10.6. The van der Waals surface area contributed by atoms with E-state index >= 15 is 0 Å². The molecule has 2 aromatic rings. The van der Waals surface area contributed by atoms with Crippen LogP contribution in [0.1, 0.15) is 34.2 Å². The monoisotopic (exact) mass is 309 g/mol. The second kappa shape index (κ2) is 5.98. The summed E-state index contributed by atoms with van der Waals surface area (Å²) >= 11 is 1.74. The quantitative estimate of drug-likeness (QED) is 0.747. The minimum absolute atomic E-state index is 0.351. The van der Waals surface area contributed by atoms with Gasteiger partial charge >= 0.3 is 0 Å². The van der Waals surface area contributed by atoms with E-state index in [1.165, 1.54) is 39.3 Å². The normalized spacial score (nSPS) is 13.0. The van der Waals surface area contributed by atoms with Crippen molar-refractivity contribution in [3.63, 3.8) is 0 Å². The van der Waals surface area contributed by atoms with Gasteiger partial charge < -0.3 is 0 Å². The largest absolute Gasteiger partial charge is 0.207 e. The third-order valence-electron chi connectivity index (χ3n) is 4.10. The Hall–Kier alpha value is -2.05. The third-order valence-corrected chi connectivity index (χ3v) is 4.88. The van der Waals surface area contributed by atoms with Gasteiger partial charge in [-0.1, -0.05) is 12.6 Å². The Balaban J connectivity index is 2.03. The molecule has 0 atom stereocenters. The number of fused-ring (bicyclic) bond motifs is 1. The van der Waals surface area contributed by atoms with Crippen molar-refractivity contribution < 1.29 is 4.39 Å². The Labute approximate surface area is 134 Å². The van der Waals surface area contributed by atoms with E-state index in [2.05, 4.69) is 25.0 Å². The van der Waals surface area contributed by atoms with Crippen LogP contribution in [0.4, 0.5) is 4.39 Å². The van der Waals surface area contributed by atoms with Gasteiger partial charge in [-0.2, -0.15) is 5.26 Å². The second-order valence-corrected chi connectivity index (χ2v) is 6.37. The summed E-state index contributed by atoms with van der Waals surface area (Å²) in [7, 11) is 0. The molecule has 0 amide bonds. The summed E-state index contributed by atoms with van der Waals surface area (Å²) in [5, 5.41) is 8.98. The van der Waals surface area contributed by atoms with Crippen molar-refractivity contribution in [1.29, 1.82) is 5.26 Å². The highest BCUT2D eigenvalue weighted by Gasteiger charge is 2.21. The first-order valence-corrected chi connectivity index (χ1v) is 8.41. The average molecular weight is 309 g/mol. The van der Waals surface area contributed by atoms with Crippen molar-refractivity contribution in [3.05, 3.63) is 70.5 Å². The average Bonchev–Trinajstić information content (AvgIpc) is 2.90. The first-order valence-electron chi connectivity index (χ1n) is 7.19. The Kier molecular flexibility index (Phi) is 4.04. The highest BCUT2D eigenvalue weighted by molar-refractivity contribution is 7.98. The number of thioether (sulfide) groups is 1. The minimum atomic E-state index is -0.351. The number of allylic oxidation sites excluding steroid dienone is 1. The van der Waals surface area contributed by atoms with Crippen LogP contribution in [0, 0.1) is 17.1 Å². The molecule has 0 N–H and O–H groups in total. The smallest absolute Gasteiger partial charge is 0.124 e. The van der Waals surface area contributed by atoms with Crippen molar-refractivity contribution >= 4 is 17.3 Å². The Morgan fingerprint density at radius 1 is 1.27 bits per heavy atom. The zero-order chi connectivity index (χ0) is 15.7. The molecule has 2 aromatic carbocycles. The summed E-state index contributed by atoms with van der Waals surface area (Å²) in [5.74, 6) is -0.351. The van der Waals surface area contributed by atoms with Crippen LogP contribution < -0.4 is 0 Å². The van der Waals surface area contributed by atoms with E-state index in [1.54, 1.807) is 17.8 Å². The lowest BCUT2D eigenvalue weighted by atomic mass is 9.96. The van der Waals surface area contributed by atoms with E-state index in [4.69, 9.17) is 5.26 Å². The highest BCUT2D eigenvalue weighted by atomic mass is 32.2. The van der Waals surface area contributed by atoms with Crippen LogP contribution in [0.2, 0.25) is 0 Å². The van der Waals surface area contributed by atoms with Crippen LogP contribution in [0.15, 0.2) is 41.8 Å². The molecule has 110 valence electrons. The van der Waals surface area contributed by atoms with Gasteiger partial charge in [-0.05, 0) is 77.6 Å². The number of benzene rings is 2. The molecule has 0 spiro atoms. The summed E-state index contributed by atoms with van der Waals surface area (Å²) in [4.78, 5) is 1.26. The Morgan fingerprint density at radius 3 is 2.82 bits per heavy atom. The third kappa shape index (κ3) is 2.67. The van der Waals surface area contributed by atoms with Crippen molar-refractivity contribution in [1.82, 2.24) is 0 Å². The molecule has 0 unspecified atom stereocenters. The molecule has 0 saturated carbocycles. The van der Waals surface area contributed by atoms with Gasteiger partial charge in [0.1, 0.15) is 5.82 Å². The lowest BCUT2D eigenvalue weighted by Crippen LogP contribution is -1.98. The molecule has 1 aliphatic carbocycles. The van der Waals surface area contributed by atoms with Crippen molar-refractivity contribution in [2.75, 3.05) is 6.26 Å². The summed E-state index contributed by atoms with van der Waals surface area (Å²) in [5.41, 5.74) is 6.23. The molecular weight excluding hydrogens is 293 g/mol. The van der Waals surface area contributed by atoms with Crippen molar-refractivity contribution in [3.8, 4) is 6.07 Å². The lowest BCUT2D eigenvalue weighted by molar-refractivity contribution is 0.625. The topological polar surface area (TPSA) is 23.8 Å². The Morgan fingerprint density at radius 2 is 2.09 bits per heavy atom. The number of halogens is 1. The standard InChI is InChI=1S/C19H16FNS/c1-12-3-5-17-15(4-6-18(22-2)19(12)17)8-13-7-14(11-21)10-16(20)9-13/h4,6-7,9-10H,1,3,5,8H2,2H3. The molecule has 0 bridgehead atoms. The number of nitriles is 1. The summed E-state index contributed by atoms with van der Waals surface area (Å²) in [6.45, 7) is 4.18. The van der Waals surface area contributed by atoms with Gasteiger partial charge in [-0.15, -0.1) is 11.8 Å². The molecule has 1 aliphatic rings. The first kappa shape index (κ1) is 14.9. The van der Waals surface area contributed by atoms with Gasteiger partial charge in [0.05, 0.1) is 11.6 Å². The molecule has 0 fully saturated rings. The zero-order valence-electron chi connectivity index (χ0n) is 12.4. The van der Waals surface area contributed by atoms with Crippen molar-refractivity contribution in [2.24, 2.45) is 0 Å². The molecule has 0 heterocycles. The fraction of sp³-hybridized carbons (Fsp3) is 0.211. The molecule has 0 aromatic heterocycles. The minimum Gasteiger partial charge on any atom is -0.207 e. The number of hydrogen-bond donors (Lipinski definition) is 0. The Bertz CT molecular complexity index is 802. The summed E-state index contributed by atoms with van der Waals surface area (Å²) in [6, 6.07) is 10.8. The van der Waals surface area contributed by atoms with Crippen LogP contribution in [-0.2, 0) is 12.8 Å². The zero-order valence-corrected chi connectivity index (χ0v) is 13.3. The number of nitrogens with zero attached hydrogens (tertiary/aromatic N) is 1. The highest BCUT2D eigenvalue weighted by Crippen LogP contribution is 2.39. The maximum absolute atomic E-state index is 13.6. The van der Waals surface area contributed by atoms with Gasteiger partial charge in [-0.3, -0.25) is 0 Å². The van der Waals surface area contributed by atoms with Gasteiger partial charge in [0, 0.05) is 4.90 Å². The predicted molar refractivity (Wildman–Crippen MR) is 89.5 cm³/mol. The molecule has 3 heteroatoms. The van der Waals surface area contributed by atoms with E-state index in [0.29, 0.717) is 12.0 Å². The maximum Gasteiger partial charge on any atom is 0.124 e. The van der Waals surface area contributed by atoms with E-state index in [-0.39, 0.29) is 5.82 Å². The second-order valence-electron chi connectivity index (χ2n) is 5.52. The molecule has 3 rings (SSSR count). The van der Waals surface area contributed by atoms with Gasteiger partial charge in [-0.25, -0.2) is 4.39 Å². The van der Waals surface area contributed by atoms with Crippen LogP contribution in [0.3, 0.4) is 0 Å². The van der Waals surface area contributed by atoms with Gasteiger partial charge in [0.25, 0.3) is 0 Å². The molecule has 0 radical (unpaired) electrons. The van der Waals surface area contributed by atoms with E-state index < -0.39 is 0 Å². The maximum atomic E-state index is 13.6. The van der Waals surface area contributed by atoms with E-state index in [0.717, 1.165) is 18.4 Å². The number of rotatable bonds is 3. The van der Waals surface area contributed by atoms with Crippen LogP contribution in [0.25, 0.3) is 5.57 Å². The van der Waals surface area contributed by atoms with Crippen LogP contribution in [-0.4, -0.2) is 6.26 Å². The van der Waals surface area contributed by atoms with Crippen molar-refractivity contribution in [2.45, 2.75) is 24.2 Å².